The number of rotatable bonds is 7. The fourth-order valence-corrected chi connectivity index (χ4v) is 4.16. The summed E-state index contributed by atoms with van der Waals surface area (Å²) in [7, 11) is 0. The standard InChI is InChI=1S/C17H27NS/c1-3-12-18-14(2)16-10-6-7-11-17(16)19-13-15-8-4-5-9-15/h6-7,10-11,14-15,18H,3-5,8-9,12-13H2,1-2H3. The van der Waals surface area contributed by atoms with Crippen molar-refractivity contribution in [2.75, 3.05) is 12.3 Å². The summed E-state index contributed by atoms with van der Waals surface area (Å²) in [6, 6.07) is 9.38. The highest BCUT2D eigenvalue weighted by Gasteiger charge is 2.16. The Morgan fingerprint density at radius 3 is 2.74 bits per heavy atom. The van der Waals surface area contributed by atoms with E-state index in [0.29, 0.717) is 6.04 Å². The van der Waals surface area contributed by atoms with E-state index in [9.17, 15) is 0 Å². The van der Waals surface area contributed by atoms with Gasteiger partial charge in [0.1, 0.15) is 0 Å². The van der Waals surface area contributed by atoms with Crippen LogP contribution in [0.15, 0.2) is 29.2 Å². The van der Waals surface area contributed by atoms with Crippen LogP contribution in [0, 0.1) is 5.92 Å². The molecule has 1 nitrogen and oxygen atoms in total. The summed E-state index contributed by atoms with van der Waals surface area (Å²) in [6.07, 6.45) is 6.97. The third-order valence-corrected chi connectivity index (χ3v) is 5.36. The first-order chi connectivity index (χ1) is 9.31. The number of hydrogen-bond acceptors (Lipinski definition) is 2. The van der Waals surface area contributed by atoms with E-state index in [4.69, 9.17) is 0 Å². The maximum Gasteiger partial charge on any atom is 0.0302 e. The Labute approximate surface area is 122 Å². The summed E-state index contributed by atoms with van der Waals surface area (Å²) < 4.78 is 0. The van der Waals surface area contributed by atoms with Gasteiger partial charge in [0.2, 0.25) is 0 Å². The smallest absolute Gasteiger partial charge is 0.0302 e. The first-order valence-electron chi connectivity index (χ1n) is 7.76. The zero-order valence-electron chi connectivity index (χ0n) is 12.3. The van der Waals surface area contributed by atoms with Gasteiger partial charge in [-0.25, -0.2) is 0 Å². The molecule has 106 valence electrons. The molecule has 0 amide bonds. The first-order valence-corrected chi connectivity index (χ1v) is 8.75. The molecule has 0 spiro atoms. The van der Waals surface area contributed by atoms with Crippen LogP contribution < -0.4 is 5.32 Å². The monoisotopic (exact) mass is 277 g/mol. The lowest BCUT2D eigenvalue weighted by Crippen LogP contribution is -2.19. The van der Waals surface area contributed by atoms with Gasteiger partial charge in [0.25, 0.3) is 0 Å². The van der Waals surface area contributed by atoms with E-state index in [-0.39, 0.29) is 0 Å². The summed E-state index contributed by atoms with van der Waals surface area (Å²) in [4.78, 5) is 1.48. The van der Waals surface area contributed by atoms with Crippen LogP contribution in [-0.4, -0.2) is 12.3 Å². The normalized spacial score (nSPS) is 17.8. The minimum atomic E-state index is 0.465. The average molecular weight is 277 g/mol. The van der Waals surface area contributed by atoms with E-state index >= 15 is 0 Å². The molecule has 1 aromatic rings. The summed E-state index contributed by atoms with van der Waals surface area (Å²) in [5.74, 6) is 2.26. The predicted molar refractivity (Wildman–Crippen MR) is 85.8 cm³/mol. The highest BCUT2D eigenvalue weighted by atomic mass is 32.2. The lowest BCUT2D eigenvalue weighted by Gasteiger charge is -2.18. The van der Waals surface area contributed by atoms with Crippen LogP contribution in [0.2, 0.25) is 0 Å². The lowest BCUT2D eigenvalue weighted by atomic mass is 10.1. The molecule has 2 heteroatoms. The molecular weight excluding hydrogens is 250 g/mol. The minimum absolute atomic E-state index is 0.465. The maximum absolute atomic E-state index is 3.60. The zero-order chi connectivity index (χ0) is 13.5. The van der Waals surface area contributed by atoms with Gasteiger partial charge in [-0.05, 0) is 50.3 Å². The van der Waals surface area contributed by atoms with Crippen LogP contribution in [0.5, 0.6) is 0 Å². The molecule has 1 N–H and O–H groups in total. The molecule has 0 heterocycles. The molecule has 0 radical (unpaired) electrons. The Morgan fingerprint density at radius 1 is 1.26 bits per heavy atom. The Bertz CT molecular complexity index is 371. The molecule has 1 atom stereocenters. The summed E-state index contributed by atoms with van der Waals surface area (Å²) >= 11 is 2.07. The second kappa shape index (κ2) is 7.96. The van der Waals surface area contributed by atoms with Gasteiger partial charge in [-0.3, -0.25) is 0 Å². The van der Waals surface area contributed by atoms with Crippen molar-refractivity contribution in [2.45, 2.75) is 56.9 Å². The van der Waals surface area contributed by atoms with Crippen LogP contribution in [0.25, 0.3) is 0 Å². The second-order valence-corrected chi connectivity index (χ2v) is 6.74. The SMILES string of the molecule is CCCNC(C)c1ccccc1SCC1CCCC1. The Kier molecular flexibility index (Phi) is 6.25. The van der Waals surface area contributed by atoms with Crippen molar-refractivity contribution < 1.29 is 0 Å². The maximum atomic E-state index is 3.60. The van der Waals surface area contributed by atoms with Crippen LogP contribution >= 0.6 is 11.8 Å². The van der Waals surface area contributed by atoms with Crippen molar-refractivity contribution in [1.82, 2.24) is 5.32 Å². The fraction of sp³-hybridized carbons (Fsp3) is 0.647. The van der Waals surface area contributed by atoms with Crippen molar-refractivity contribution in [3.63, 3.8) is 0 Å². The fourth-order valence-electron chi connectivity index (χ4n) is 2.83. The number of benzene rings is 1. The van der Waals surface area contributed by atoms with Gasteiger partial charge >= 0.3 is 0 Å². The Morgan fingerprint density at radius 2 is 2.00 bits per heavy atom. The van der Waals surface area contributed by atoms with Gasteiger partial charge in [0.05, 0.1) is 0 Å². The molecule has 1 aliphatic carbocycles. The molecule has 0 bridgehead atoms. The van der Waals surface area contributed by atoms with Crippen molar-refractivity contribution in [3.05, 3.63) is 29.8 Å². The molecule has 1 saturated carbocycles. The molecule has 1 aliphatic rings. The van der Waals surface area contributed by atoms with Crippen molar-refractivity contribution in [2.24, 2.45) is 5.92 Å². The summed E-state index contributed by atoms with van der Waals surface area (Å²) in [5.41, 5.74) is 1.47. The van der Waals surface area contributed by atoms with Crippen LogP contribution in [0.1, 0.15) is 57.6 Å². The van der Waals surface area contributed by atoms with Crippen molar-refractivity contribution in [3.8, 4) is 0 Å². The predicted octanol–water partition coefficient (Wildman–Crippen LogP) is 5.03. The van der Waals surface area contributed by atoms with Crippen LogP contribution in [-0.2, 0) is 0 Å². The van der Waals surface area contributed by atoms with E-state index in [2.05, 4.69) is 55.2 Å². The zero-order valence-corrected chi connectivity index (χ0v) is 13.1. The molecule has 1 fully saturated rings. The highest BCUT2D eigenvalue weighted by Crippen LogP contribution is 2.33. The molecule has 0 aromatic heterocycles. The lowest BCUT2D eigenvalue weighted by molar-refractivity contribution is 0.563. The van der Waals surface area contributed by atoms with Gasteiger partial charge in [0, 0.05) is 16.7 Å². The molecule has 0 saturated heterocycles. The topological polar surface area (TPSA) is 12.0 Å². The van der Waals surface area contributed by atoms with Gasteiger partial charge in [-0.1, -0.05) is 38.0 Å². The van der Waals surface area contributed by atoms with Gasteiger partial charge in [-0.15, -0.1) is 11.8 Å². The van der Waals surface area contributed by atoms with E-state index in [0.717, 1.165) is 12.5 Å². The van der Waals surface area contributed by atoms with E-state index < -0.39 is 0 Å². The van der Waals surface area contributed by atoms with Crippen LogP contribution in [0.4, 0.5) is 0 Å². The van der Waals surface area contributed by atoms with E-state index in [1.165, 1.54) is 48.3 Å². The number of nitrogens with one attached hydrogen (secondary N) is 1. The molecule has 1 unspecified atom stereocenters. The Balaban J connectivity index is 1.94. The minimum Gasteiger partial charge on any atom is -0.310 e. The van der Waals surface area contributed by atoms with Gasteiger partial charge < -0.3 is 5.32 Å². The largest absolute Gasteiger partial charge is 0.310 e. The summed E-state index contributed by atoms with van der Waals surface area (Å²) in [5, 5.41) is 3.60. The average Bonchev–Trinajstić information content (AvgIpc) is 2.96. The van der Waals surface area contributed by atoms with Gasteiger partial charge in [0.15, 0.2) is 0 Å². The molecule has 0 aliphatic heterocycles. The second-order valence-electron chi connectivity index (χ2n) is 5.68. The van der Waals surface area contributed by atoms with Crippen molar-refractivity contribution >= 4 is 11.8 Å². The third-order valence-electron chi connectivity index (χ3n) is 4.04. The molecule has 19 heavy (non-hydrogen) atoms. The summed E-state index contributed by atoms with van der Waals surface area (Å²) in [6.45, 7) is 5.61. The Hall–Kier alpha value is -0.470. The molecule has 1 aromatic carbocycles. The van der Waals surface area contributed by atoms with Crippen LogP contribution in [0.3, 0.4) is 0 Å². The quantitative estimate of drug-likeness (QED) is 0.702. The first kappa shape index (κ1) is 14.9. The highest BCUT2D eigenvalue weighted by molar-refractivity contribution is 7.99. The molecular formula is C17H27NS. The number of thioether (sulfide) groups is 1. The number of hydrogen-bond donors (Lipinski definition) is 1. The van der Waals surface area contributed by atoms with Crippen molar-refractivity contribution in [1.29, 1.82) is 0 Å². The molecule has 2 rings (SSSR count). The van der Waals surface area contributed by atoms with E-state index in [1.54, 1.807) is 0 Å². The third kappa shape index (κ3) is 4.54. The van der Waals surface area contributed by atoms with E-state index in [1.807, 2.05) is 0 Å². The van der Waals surface area contributed by atoms with Gasteiger partial charge in [-0.2, -0.15) is 0 Å².